The fraction of sp³-hybridized carbons (Fsp3) is 0.364. The molecule has 5 heteroatoms. The topological polar surface area (TPSA) is 65.8 Å². The first kappa shape index (κ1) is 12.7. The molecule has 0 saturated heterocycles. The maximum absolute atomic E-state index is 11.6. The second-order valence-electron chi connectivity index (χ2n) is 4.04. The summed E-state index contributed by atoms with van der Waals surface area (Å²) in [4.78, 5) is 15.6. The summed E-state index contributed by atoms with van der Waals surface area (Å²) < 4.78 is 0.821. The maximum Gasteiger partial charge on any atom is 0.269 e. The van der Waals surface area contributed by atoms with Crippen molar-refractivity contribution in [1.82, 2.24) is 10.3 Å². The van der Waals surface area contributed by atoms with Gasteiger partial charge in [0, 0.05) is 17.2 Å². The molecule has 0 radical (unpaired) electrons. The minimum Gasteiger partial charge on any atom is -0.349 e. The largest absolute Gasteiger partial charge is 0.349 e. The summed E-state index contributed by atoms with van der Waals surface area (Å²) in [6.45, 7) is 3.84. The van der Waals surface area contributed by atoms with E-state index in [4.69, 9.17) is 5.26 Å². The highest BCUT2D eigenvalue weighted by atomic mass is 79.9. The number of amides is 1. The Morgan fingerprint density at radius 1 is 1.62 bits per heavy atom. The van der Waals surface area contributed by atoms with Crippen LogP contribution in [0, 0.1) is 16.7 Å². The Labute approximate surface area is 103 Å². The van der Waals surface area contributed by atoms with E-state index >= 15 is 0 Å². The van der Waals surface area contributed by atoms with Crippen LogP contribution in [0.2, 0.25) is 0 Å². The fourth-order valence-electron chi connectivity index (χ4n) is 0.941. The Morgan fingerprint density at radius 2 is 2.31 bits per heavy atom. The molecule has 0 spiro atoms. The first-order valence-corrected chi connectivity index (χ1v) is 5.55. The summed E-state index contributed by atoms with van der Waals surface area (Å²) in [5.74, 6) is -0.268. The van der Waals surface area contributed by atoms with Crippen LogP contribution in [0.15, 0.2) is 22.8 Å². The minimum absolute atomic E-state index is 0.268. The van der Waals surface area contributed by atoms with E-state index in [1.54, 1.807) is 32.2 Å². The van der Waals surface area contributed by atoms with Crippen LogP contribution in [0.1, 0.15) is 24.3 Å². The number of rotatable bonds is 3. The van der Waals surface area contributed by atoms with Gasteiger partial charge in [0.05, 0.1) is 11.5 Å². The van der Waals surface area contributed by atoms with Crippen LogP contribution < -0.4 is 5.32 Å². The van der Waals surface area contributed by atoms with Crippen LogP contribution in [0.25, 0.3) is 0 Å². The standard InChI is InChI=1S/C11H12BrN3O/c1-11(2,6-13)7-15-10(16)9-4-3-8(12)5-14-9/h3-5H,7H2,1-2H3,(H,15,16). The van der Waals surface area contributed by atoms with Crippen LogP contribution in [0.5, 0.6) is 0 Å². The molecule has 0 saturated carbocycles. The second kappa shape index (κ2) is 5.08. The molecule has 0 aromatic carbocycles. The van der Waals surface area contributed by atoms with Gasteiger partial charge in [0.25, 0.3) is 5.91 Å². The number of halogens is 1. The molecule has 0 atom stereocenters. The molecule has 1 rings (SSSR count). The quantitative estimate of drug-likeness (QED) is 0.923. The Bertz CT molecular complexity index is 420. The molecule has 16 heavy (non-hydrogen) atoms. The van der Waals surface area contributed by atoms with E-state index in [2.05, 4.69) is 32.3 Å². The van der Waals surface area contributed by atoms with Gasteiger partial charge in [0.1, 0.15) is 5.69 Å². The number of hydrogen-bond donors (Lipinski definition) is 1. The van der Waals surface area contributed by atoms with Gasteiger partial charge in [-0.15, -0.1) is 0 Å². The molecule has 1 aromatic rings. The number of nitrogens with zero attached hydrogens (tertiary/aromatic N) is 2. The van der Waals surface area contributed by atoms with Crippen LogP contribution in [0.4, 0.5) is 0 Å². The lowest BCUT2D eigenvalue weighted by Gasteiger charge is -2.15. The molecular weight excluding hydrogens is 270 g/mol. The Hall–Kier alpha value is -1.41. The number of pyridine rings is 1. The van der Waals surface area contributed by atoms with Gasteiger partial charge >= 0.3 is 0 Å². The highest BCUT2D eigenvalue weighted by molar-refractivity contribution is 9.10. The van der Waals surface area contributed by atoms with Crippen molar-refractivity contribution in [3.63, 3.8) is 0 Å². The van der Waals surface area contributed by atoms with Crippen molar-refractivity contribution in [1.29, 1.82) is 5.26 Å². The van der Waals surface area contributed by atoms with Crippen molar-refractivity contribution in [2.45, 2.75) is 13.8 Å². The van der Waals surface area contributed by atoms with Crippen molar-refractivity contribution in [3.8, 4) is 6.07 Å². The first-order valence-electron chi connectivity index (χ1n) is 4.75. The van der Waals surface area contributed by atoms with Gasteiger partial charge in [-0.2, -0.15) is 5.26 Å². The zero-order valence-electron chi connectivity index (χ0n) is 9.12. The number of carbonyl (C=O) groups is 1. The molecule has 1 amide bonds. The third kappa shape index (κ3) is 3.63. The molecule has 1 aromatic heterocycles. The van der Waals surface area contributed by atoms with Crippen LogP contribution in [-0.4, -0.2) is 17.4 Å². The fourth-order valence-corrected chi connectivity index (χ4v) is 1.18. The third-order valence-electron chi connectivity index (χ3n) is 1.95. The van der Waals surface area contributed by atoms with Crippen molar-refractivity contribution in [2.24, 2.45) is 5.41 Å². The predicted octanol–water partition coefficient (Wildman–Crippen LogP) is 2.12. The lowest BCUT2D eigenvalue weighted by molar-refractivity contribution is 0.0938. The normalized spacial score (nSPS) is 10.6. The minimum atomic E-state index is -0.564. The number of hydrogen-bond acceptors (Lipinski definition) is 3. The maximum atomic E-state index is 11.6. The summed E-state index contributed by atoms with van der Waals surface area (Å²) in [6.07, 6.45) is 1.56. The van der Waals surface area contributed by atoms with E-state index in [0.717, 1.165) is 4.47 Å². The third-order valence-corrected chi connectivity index (χ3v) is 2.42. The van der Waals surface area contributed by atoms with Gasteiger partial charge in [-0.05, 0) is 41.9 Å². The van der Waals surface area contributed by atoms with E-state index in [-0.39, 0.29) is 5.91 Å². The van der Waals surface area contributed by atoms with E-state index in [0.29, 0.717) is 12.2 Å². The molecule has 0 unspecified atom stereocenters. The lowest BCUT2D eigenvalue weighted by Crippen LogP contribution is -2.33. The van der Waals surface area contributed by atoms with Crippen molar-refractivity contribution < 1.29 is 4.79 Å². The number of aromatic nitrogens is 1. The second-order valence-corrected chi connectivity index (χ2v) is 4.96. The van der Waals surface area contributed by atoms with E-state index < -0.39 is 5.41 Å². The van der Waals surface area contributed by atoms with Crippen molar-refractivity contribution in [2.75, 3.05) is 6.54 Å². The predicted molar refractivity (Wildman–Crippen MR) is 63.7 cm³/mol. The number of nitriles is 1. The molecule has 84 valence electrons. The molecule has 0 bridgehead atoms. The number of carbonyl (C=O) groups excluding carboxylic acids is 1. The Kier molecular flexibility index (Phi) is 4.02. The van der Waals surface area contributed by atoms with E-state index in [1.165, 1.54) is 0 Å². The van der Waals surface area contributed by atoms with Gasteiger partial charge in [0.15, 0.2) is 0 Å². The smallest absolute Gasteiger partial charge is 0.269 e. The summed E-state index contributed by atoms with van der Waals surface area (Å²) >= 11 is 3.24. The Balaban J connectivity index is 2.61. The molecule has 0 aliphatic rings. The average Bonchev–Trinajstić information content (AvgIpc) is 2.27. The summed E-state index contributed by atoms with van der Waals surface area (Å²) in [7, 11) is 0. The van der Waals surface area contributed by atoms with Gasteiger partial charge in [-0.3, -0.25) is 4.79 Å². The first-order chi connectivity index (χ1) is 7.44. The summed E-state index contributed by atoms with van der Waals surface area (Å²) in [5.41, 5.74) is -0.220. The van der Waals surface area contributed by atoms with Crippen molar-refractivity contribution >= 4 is 21.8 Å². The molecule has 1 N–H and O–H groups in total. The summed E-state index contributed by atoms with van der Waals surface area (Å²) in [6, 6.07) is 5.49. The molecule has 4 nitrogen and oxygen atoms in total. The van der Waals surface area contributed by atoms with Crippen LogP contribution in [0.3, 0.4) is 0 Å². The lowest BCUT2D eigenvalue weighted by atomic mass is 9.96. The molecular formula is C11H12BrN3O. The zero-order chi connectivity index (χ0) is 12.2. The monoisotopic (exact) mass is 281 g/mol. The summed E-state index contributed by atoms with van der Waals surface area (Å²) in [5, 5.41) is 11.5. The van der Waals surface area contributed by atoms with E-state index in [9.17, 15) is 4.79 Å². The number of nitrogens with one attached hydrogen (secondary N) is 1. The zero-order valence-corrected chi connectivity index (χ0v) is 10.7. The van der Waals surface area contributed by atoms with Crippen LogP contribution >= 0.6 is 15.9 Å². The molecule has 1 heterocycles. The molecule has 0 aliphatic carbocycles. The van der Waals surface area contributed by atoms with E-state index in [1.807, 2.05) is 0 Å². The Morgan fingerprint density at radius 3 is 2.81 bits per heavy atom. The SMILES string of the molecule is CC(C)(C#N)CNC(=O)c1ccc(Br)cn1. The molecule has 0 fully saturated rings. The van der Waals surface area contributed by atoms with Gasteiger partial charge < -0.3 is 5.32 Å². The molecule has 0 aliphatic heterocycles. The van der Waals surface area contributed by atoms with Crippen molar-refractivity contribution in [3.05, 3.63) is 28.5 Å². The highest BCUT2D eigenvalue weighted by Crippen LogP contribution is 2.11. The van der Waals surface area contributed by atoms with Gasteiger partial charge in [-0.1, -0.05) is 0 Å². The van der Waals surface area contributed by atoms with Gasteiger partial charge in [-0.25, -0.2) is 4.98 Å². The average molecular weight is 282 g/mol. The van der Waals surface area contributed by atoms with Gasteiger partial charge in [0.2, 0.25) is 0 Å². The highest BCUT2D eigenvalue weighted by Gasteiger charge is 2.18. The van der Waals surface area contributed by atoms with Crippen LogP contribution in [-0.2, 0) is 0 Å².